The Morgan fingerprint density at radius 2 is 1.59 bits per heavy atom. The summed E-state index contributed by atoms with van der Waals surface area (Å²) in [6.45, 7) is 3.79. The molecule has 1 unspecified atom stereocenters. The number of aryl methyl sites for hydroxylation is 2. The number of anilines is 1. The Morgan fingerprint density at radius 3 is 2.33 bits per heavy atom. The number of amides is 2. The van der Waals surface area contributed by atoms with E-state index in [2.05, 4.69) is 10.6 Å². The van der Waals surface area contributed by atoms with Crippen LogP contribution in [0.25, 0.3) is 10.8 Å². The molecule has 0 aliphatic heterocycles. The van der Waals surface area contributed by atoms with Gasteiger partial charge in [-0.3, -0.25) is 9.59 Å². The van der Waals surface area contributed by atoms with Gasteiger partial charge in [0.2, 0.25) is 0 Å². The highest BCUT2D eigenvalue weighted by Crippen LogP contribution is 2.23. The molecule has 0 aliphatic rings. The number of aliphatic hydroxyl groups is 1. The lowest BCUT2D eigenvalue weighted by atomic mass is 10.0. The van der Waals surface area contributed by atoms with Crippen LogP contribution in [0, 0.1) is 13.8 Å². The first-order chi connectivity index (χ1) is 12.9. The van der Waals surface area contributed by atoms with Gasteiger partial charge in [-0.05, 0) is 53.4 Å². The van der Waals surface area contributed by atoms with E-state index in [0.717, 1.165) is 21.9 Å². The molecule has 0 spiro atoms. The SMILES string of the molecule is Cc1cc(C)cc(NC(=O)C(=O)NCC(O)c2cccc3ccccc23)c1. The molecule has 0 saturated heterocycles. The first kappa shape index (κ1) is 18.6. The van der Waals surface area contributed by atoms with E-state index < -0.39 is 17.9 Å². The number of carbonyl (C=O) groups is 2. The Kier molecular flexibility index (Phi) is 5.52. The molecule has 0 saturated carbocycles. The van der Waals surface area contributed by atoms with E-state index >= 15 is 0 Å². The average molecular weight is 362 g/mol. The van der Waals surface area contributed by atoms with Crippen LogP contribution in [0.2, 0.25) is 0 Å². The lowest BCUT2D eigenvalue weighted by Gasteiger charge is -2.15. The highest BCUT2D eigenvalue weighted by molar-refractivity contribution is 6.39. The third kappa shape index (κ3) is 4.51. The Bertz CT molecular complexity index is 972. The second kappa shape index (κ2) is 8.01. The molecule has 0 radical (unpaired) electrons. The molecule has 0 aliphatic carbocycles. The zero-order valence-corrected chi connectivity index (χ0v) is 15.3. The number of carbonyl (C=O) groups excluding carboxylic acids is 2. The van der Waals surface area contributed by atoms with Crippen LogP contribution >= 0.6 is 0 Å². The van der Waals surface area contributed by atoms with Gasteiger partial charge >= 0.3 is 11.8 Å². The number of fused-ring (bicyclic) bond motifs is 1. The minimum atomic E-state index is -0.908. The molecule has 0 bridgehead atoms. The van der Waals surface area contributed by atoms with Gasteiger partial charge in [-0.1, -0.05) is 48.5 Å². The standard InChI is InChI=1S/C22H22N2O3/c1-14-10-15(2)12-17(11-14)24-22(27)21(26)23-13-20(25)19-9-5-7-16-6-3-4-8-18(16)19/h3-12,20,25H,13H2,1-2H3,(H,23,26)(H,24,27). The fourth-order valence-electron chi connectivity index (χ4n) is 3.16. The Hall–Kier alpha value is -3.18. The normalized spacial score (nSPS) is 11.8. The maximum Gasteiger partial charge on any atom is 0.313 e. The van der Waals surface area contributed by atoms with Crippen LogP contribution in [0.4, 0.5) is 5.69 Å². The summed E-state index contributed by atoms with van der Waals surface area (Å²) in [6, 6.07) is 18.9. The monoisotopic (exact) mass is 362 g/mol. The van der Waals surface area contributed by atoms with E-state index in [1.807, 2.05) is 62.4 Å². The summed E-state index contributed by atoms with van der Waals surface area (Å²) in [4.78, 5) is 24.2. The van der Waals surface area contributed by atoms with Crippen LogP contribution in [0.15, 0.2) is 60.7 Å². The maximum absolute atomic E-state index is 12.1. The number of aliphatic hydroxyl groups excluding tert-OH is 1. The van der Waals surface area contributed by atoms with Gasteiger partial charge in [0.15, 0.2) is 0 Å². The van der Waals surface area contributed by atoms with E-state index in [9.17, 15) is 14.7 Å². The lowest BCUT2D eigenvalue weighted by Crippen LogP contribution is -2.37. The smallest absolute Gasteiger partial charge is 0.313 e. The van der Waals surface area contributed by atoms with Crippen LogP contribution in [0.1, 0.15) is 22.8 Å². The summed E-state index contributed by atoms with van der Waals surface area (Å²) >= 11 is 0. The number of rotatable bonds is 4. The van der Waals surface area contributed by atoms with Gasteiger partial charge in [-0.15, -0.1) is 0 Å². The lowest BCUT2D eigenvalue weighted by molar-refractivity contribution is -0.136. The molecule has 0 heterocycles. The topological polar surface area (TPSA) is 78.4 Å². The largest absolute Gasteiger partial charge is 0.387 e. The fourth-order valence-corrected chi connectivity index (χ4v) is 3.16. The number of hydrogen-bond acceptors (Lipinski definition) is 3. The highest BCUT2D eigenvalue weighted by atomic mass is 16.3. The number of nitrogens with one attached hydrogen (secondary N) is 2. The Balaban J connectivity index is 1.63. The Labute approximate surface area is 158 Å². The van der Waals surface area contributed by atoms with E-state index in [0.29, 0.717) is 11.3 Å². The first-order valence-electron chi connectivity index (χ1n) is 8.77. The summed E-state index contributed by atoms with van der Waals surface area (Å²) in [5, 5.41) is 17.5. The minimum absolute atomic E-state index is 0.0485. The second-order valence-electron chi connectivity index (χ2n) is 6.62. The highest BCUT2D eigenvalue weighted by Gasteiger charge is 2.17. The minimum Gasteiger partial charge on any atom is -0.387 e. The number of hydrogen-bond donors (Lipinski definition) is 3. The van der Waals surface area contributed by atoms with Crippen LogP contribution in [-0.4, -0.2) is 23.5 Å². The zero-order chi connectivity index (χ0) is 19.4. The van der Waals surface area contributed by atoms with Crippen LogP contribution in [-0.2, 0) is 9.59 Å². The van der Waals surface area contributed by atoms with Crippen molar-refractivity contribution in [3.63, 3.8) is 0 Å². The third-order valence-corrected chi connectivity index (χ3v) is 4.32. The predicted octanol–water partition coefficient (Wildman–Crippen LogP) is 3.24. The van der Waals surface area contributed by atoms with E-state index in [4.69, 9.17) is 0 Å². The average Bonchev–Trinajstić information content (AvgIpc) is 2.64. The molecule has 3 N–H and O–H groups in total. The van der Waals surface area contributed by atoms with Gasteiger partial charge in [0.1, 0.15) is 0 Å². The van der Waals surface area contributed by atoms with Crippen molar-refractivity contribution in [3.05, 3.63) is 77.4 Å². The number of benzene rings is 3. The maximum atomic E-state index is 12.1. The Morgan fingerprint density at radius 1 is 0.926 bits per heavy atom. The molecule has 27 heavy (non-hydrogen) atoms. The molecule has 5 nitrogen and oxygen atoms in total. The molecule has 3 aromatic carbocycles. The molecular weight excluding hydrogens is 340 g/mol. The fraction of sp³-hybridized carbons (Fsp3) is 0.182. The van der Waals surface area contributed by atoms with E-state index in [1.165, 1.54) is 0 Å². The summed E-state index contributed by atoms with van der Waals surface area (Å²) < 4.78 is 0. The van der Waals surface area contributed by atoms with Gasteiger partial charge in [-0.25, -0.2) is 0 Å². The molecule has 138 valence electrons. The van der Waals surface area contributed by atoms with Crippen molar-refractivity contribution in [3.8, 4) is 0 Å². The van der Waals surface area contributed by atoms with Gasteiger partial charge in [-0.2, -0.15) is 0 Å². The molecule has 3 aromatic rings. The summed E-state index contributed by atoms with van der Waals surface area (Å²) in [5.41, 5.74) is 3.28. The molecule has 1 atom stereocenters. The quantitative estimate of drug-likeness (QED) is 0.624. The molecule has 0 aromatic heterocycles. The van der Waals surface area contributed by atoms with Gasteiger partial charge < -0.3 is 15.7 Å². The molecule has 0 fully saturated rings. The van der Waals surface area contributed by atoms with Crippen molar-refractivity contribution < 1.29 is 14.7 Å². The van der Waals surface area contributed by atoms with Crippen molar-refractivity contribution >= 4 is 28.3 Å². The van der Waals surface area contributed by atoms with Crippen LogP contribution in [0.5, 0.6) is 0 Å². The molecular formula is C22H22N2O3. The summed E-state index contributed by atoms with van der Waals surface area (Å²) in [6.07, 6.45) is -0.908. The van der Waals surface area contributed by atoms with Crippen LogP contribution < -0.4 is 10.6 Å². The zero-order valence-electron chi connectivity index (χ0n) is 15.3. The molecule has 3 rings (SSSR count). The predicted molar refractivity (Wildman–Crippen MR) is 106 cm³/mol. The molecule has 2 amide bonds. The van der Waals surface area contributed by atoms with Crippen LogP contribution in [0.3, 0.4) is 0 Å². The van der Waals surface area contributed by atoms with Gasteiger partial charge in [0.05, 0.1) is 6.10 Å². The van der Waals surface area contributed by atoms with Crippen molar-refractivity contribution in [2.45, 2.75) is 20.0 Å². The second-order valence-corrected chi connectivity index (χ2v) is 6.62. The third-order valence-electron chi connectivity index (χ3n) is 4.32. The van der Waals surface area contributed by atoms with Crippen molar-refractivity contribution in [1.29, 1.82) is 0 Å². The summed E-state index contributed by atoms with van der Waals surface area (Å²) in [5.74, 6) is -1.54. The molecule has 5 heteroatoms. The first-order valence-corrected chi connectivity index (χ1v) is 8.77. The van der Waals surface area contributed by atoms with Crippen molar-refractivity contribution in [1.82, 2.24) is 5.32 Å². The van der Waals surface area contributed by atoms with E-state index in [-0.39, 0.29) is 6.54 Å². The van der Waals surface area contributed by atoms with E-state index in [1.54, 1.807) is 12.1 Å². The van der Waals surface area contributed by atoms with Gasteiger partial charge in [0, 0.05) is 12.2 Å². The van der Waals surface area contributed by atoms with Crippen molar-refractivity contribution in [2.75, 3.05) is 11.9 Å². The van der Waals surface area contributed by atoms with Crippen molar-refractivity contribution in [2.24, 2.45) is 0 Å². The van der Waals surface area contributed by atoms with Gasteiger partial charge in [0.25, 0.3) is 0 Å². The summed E-state index contributed by atoms with van der Waals surface area (Å²) in [7, 11) is 0.